The van der Waals surface area contributed by atoms with Gasteiger partial charge in [-0.3, -0.25) is 4.79 Å². The van der Waals surface area contributed by atoms with Crippen LogP contribution in [0.2, 0.25) is 0 Å². The highest BCUT2D eigenvalue weighted by molar-refractivity contribution is 7.80. The number of hydrogen-bond donors (Lipinski definition) is 2. The zero-order valence-electron chi connectivity index (χ0n) is 9.61. The Kier molecular flexibility index (Phi) is 3.74. The first-order chi connectivity index (χ1) is 8.16. The minimum atomic E-state index is -0.0276. The molecule has 0 aliphatic heterocycles. The summed E-state index contributed by atoms with van der Waals surface area (Å²) >= 11 is 4.85. The summed E-state index contributed by atoms with van der Waals surface area (Å²) < 4.78 is 0. The Bertz CT molecular complexity index is 424. The van der Waals surface area contributed by atoms with Crippen molar-refractivity contribution in [3.8, 4) is 0 Å². The van der Waals surface area contributed by atoms with Crippen molar-refractivity contribution in [3.05, 3.63) is 35.4 Å². The molecule has 1 aromatic carbocycles. The number of carbonyl (C=O) groups is 1. The van der Waals surface area contributed by atoms with Crippen LogP contribution in [0.3, 0.4) is 0 Å². The van der Waals surface area contributed by atoms with E-state index in [1.54, 1.807) is 24.3 Å². The van der Waals surface area contributed by atoms with Gasteiger partial charge in [0, 0.05) is 17.7 Å². The van der Waals surface area contributed by atoms with Crippen molar-refractivity contribution >= 4 is 23.1 Å². The van der Waals surface area contributed by atoms with Crippen LogP contribution in [0.1, 0.15) is 35.2 Å². The first kappa shape index (κ1) is 12.0. The van der Waals surface area contributed by atoms with E-state index in [0.717, 1.165) is 24.4 Å². The fourth-order valence-corrected chi connectivity index (χ4v) is 1.82. The van der Waals surface area contributed by atoms with E-state index in [1.165, 1.54) is 12.8 Å². The molecular weight excluding hydrogens is 232 g/mol. The SMILES string of the molecule is NC(=S)c1ccc(C(=O)NCCC2CC2)cc1. The molecule has 90 valence electrons. The monoisotopic (exact) mass is 248 g/mol. The second-order valence-electron chi connectivity index (χ2n) is 4.43. The Balaban J connectivity index is 1.86. The molecule has 0 unspecified atom stereocenters. The lowest BCUT2D eigenvalue weighted by molar-refractivity contribution is 0.0952. The van der Waals surface area contributed by atoms with E-state index in [1.807, 2.05) is 0 Å². The van der Waals surface area contributed by atoms with Crippen molar-refractivity contribution in [1.82, 2.24) is 5.32 Å². The van der Waals surface area contributed by atoms with Gasteiger partial charge in [0.15, 0.2) is 0 Å². The molecule has 1 saturated carbocycles. The minimum Gasteiger partial charge on any atom is -0.389 e. The van der Waals surface area contributed by atoms with Gasteiger partial charge in [0.05, 0.1) is 0 Å². The number of carbonyl (C=O) groups excluding carboxylic acids is 1. The number of thiocarbonyl (C=S) groups is 1. The number of rotatable bonds is 5. The molecule has 4 heteroatoms. The summed E-state index contributed by atoms with van der Waals surface area (Å²) in [6.45, 7) is 0.764. The predicted octanol–water partition coefficient (Wildman–Crippen LogP) is 1.85. The molecular formula is C13H16N2OS. The normalized spacial score (nSPS) is 14.4. The van der Waals surface area contributed by atoms with Crippen LogP contribution in [0.25, 0.3) is 0 Å². The zero-order valence-corrected chi connectivity index (χ0v) is 10.4. The number of nitrogens with one attached hydrogen (secondary N) is 1. The standard InChI is InChI=1S/C13H16N2OS/c14-12(17)10-3-5-11(6-4-10)13(16)15-8-7-9-1-2-9/h3-6,9H,1-2,7-8H2,(H2,14,17)(H,15,16). The molecule has 17 heavy (non-hydrogen) atoms. The van der Waals surface area contributed by atoms with Gasteiger partial charge in [0.25, 0.3) is 5.91 Å². The molecule has 1 aliphatic rings. The Morgan fingerprint density at radius 2 is 1.88 bits per heavy atom. The van der Waals surface area contributed by atoms with Crippen molar-refractivity contribution in [1.29, 1.82) is 0 Å². The van der Waals surface area contributed by atoms with Crippen molar-refractivity contribution in [2.45, 2.75) is 19.3 Å². The summed E-state index contributed by atoms with van der Waals surface area (Å²) in [5, 5.41) is 2.92. The van der Waals surface area contributed by atoms with Crippen LogP contribution in [0.4, 0.5) is 0 Å². The van der Waals surface area contributed by atoms with Crippen LogP contribution in [-0.4, -0.2) is 17.4 Å². The maximum atomic E-state index is 11.8. The van der Waals surface area contributed by atoms with E-state index in [-0.39, 0.29) is 5.91 Å². The van der Waals surface area contributed by atoms with Gasteiger partial charge in [-0.2, -0.15) is 0 Å². The third-order valence-electron chi connectivity index (χ3n) is 2.97. The highest BCUT2D eigenvalue weighted by Gasteiger charge is 2.20. The van der Waals surface area contributed by atoms with Gasteiger partial charge in [-0.25, -0.2) is 0 Å². The number of hydrogen-bond acceptors (Lipinski definition) is 2. The summed E-state index contributed by atoms with van der Waals surface area (Å²) in [7, 11) is 0. The third kappa shape index (κ3) is 3.53. The molecule has 1 amide bonds. The first-order valence-electron chi connectivity index (χ1n) is 5.85. The molecule has 0 radical (unpaired) electrons. The number of nitrogens with two attached hydrogens (primary N) is 1. The van der Waals surface area contributed by atoms with Crippen LogP contribution < -0.4 is 11.1 Å². The van der Waals surface area contributed by atoms with E-state index >= 15 is 0 Å². The first-order valence-corrected chi connectivity index (χ1v) is 6.25. The fraction of sp³-hybridized carbons (Fsp3) is 0.385. The van der Waals surface area contributed by atoms with E-state index in [0.29, 0.717) is 10.6 Å². The van der Waals surface area contributed by atoms with Gasteiger partial charge < -0.3 is 11.1 Å². The number of benzene rings is 1. The second-order valence-corrected chi connectivity index (χ2v) is 4.87. The summed E-state index contributed by atoms with van der Waals surface area (Å²) in [4.78, 5) is 12.1. The van der Waals surface area contributed by atoms with Crippen LogP contribution in [-0.2, 0) is 0 Å². The molecule has 0 bridgehead atoms. The highest BCUT2D eigenvalue weighted by Crippen LogP contribution is 2.31. The molecule has 0 spiro atoms. The van der Waals surface area contributed by atoms with Crippen LogP contribution in [0.5, 0.6) is 0 Å². The molecule has 0 atom stereocenters. The van der Waals surface area contributed by atoms with Crippen molar-refractivity contribution in [2.24, 2.45) is 11.7 Å². The highest BCUT2D eigenvalue weighted by atomic mass is 32.1. The average Bonchev–Trinajstić information content (AvgIpc) is 3.13. The fourth-order valence-electron chi connectivity index (χ4n) is 1.68. The topological polar surface area (TPSA) is 55.1 Å². The summed E-state index contributed by atoms with van der Waals surface area (Å²) in [5.74, 6) is 0.812. The Labute approximate surface area is 106 Å². The molecule has 0 heterocycles. The third-order valence-corrected chi connectivity index (χ3v) is 3.20. The molecule has 3 nitrogen and oxygen atoms in total. The predicted molar refractivity (Wildman–Crippen MR) is 72.0 cm³/mol. The molecule has 0 aromatic heterocycles. The maximum absolute atomic E-state index is 11.8. The zero-order chi connectivity index (χ0) is 12.3. The largest absolute Gasteiger partial charge is 0.389 e. The Hall–Kier alpha value is -1.42. The summed E-state index contributed by atoms with van der Waals surface area (Å²) in [6, 6.07) is 7.05. The van der Waals surface area contributed by atoms with Crippen LogP contribution >= 0.6 is 12.2 Å². The molecule has 2 rings (SSSR count). The van der Waals surface area contributed by atoms with Crippen molar-refractivity contribution < 1.29 is 4.79 Å². The van der Waals surface area contributed by atoms with Crippen LogP contribution in [0.15, 0.2) is 24.3 Å². The number of amides is 1. The minimum absolute atomic E-state index is 0.0276. The van der Waals surface area contributed by atoms with Gasteiger partial charge >= 0.3 is 0 Å². The lowest BCUT2D eigenvalue weighted by Gasteiger charge is -2.05. The van der Waals surface area contributed by atoms with Crippen molar-refractivity contribution in [3.63, 3.8) is 0 Å². The summed E-state index contributed by atoms with van der Waals surface area (Å²) in [5.41, 5.74) is 6.93. The van der Waals surface area contributed by atoms with E-state index in [9.17, 15) is 4.79 Å². The molecule has 1 aliphatic carbocycles. The lowest BCUT2D eigenvalue weighted by atomic mass is 10.1. The van der Waals surface area contributed by atoms with Gasteiger partial charge in [-0.1, -0.05) is 37.2 Å². The Morgan fingerprint density at radius 1 is 1.29 bits per heavy atom. The lowest BCUT2D eigenvalue weighted by Crippen LogP contribution is -2.24. The van der Waals surface area contributed by atoms with E-state index < -0.39 is 0 Å². The van der Waals surface area contributed by atoms with Gasteiger partial charge in [0.1, 0.15) is 4.99 Å². The maximum Gasteiger partial charge on any atom is 0.251 e. The molecule has 0 saturated heterocycles. The van der Waals surface area contributed by atoms with E-state index in [4.69, 9.17) is 18.0 Å². The summed E-state index contributed by atoms with van der Waals surface area (Å²) in [6.07, 6.45) is 3.73. The van der Waals surface area contributed by atoms with Crippen molar-refractivity contribution in [2.75, 3.05) is 6.54 Å². The average molecular weight is 248 g/mol. The quantitative estimate of drug-likeness (QED) is 0.782. The smallest absolute Gasteiger partial charge is 0.251 e. The van der Waals surface area contributed by atoms with Crippen LogP contribution in [0, 0.1) is 5.92 Å². The Morgan fingerprint density at radius 3 is 2.41 bits per heavy atom. The molecule has 1 aromatic rings. The second kappa shape index (κ2) is 5.27. The van der Waals surface area contributed by atoms with Gasteiger partial charge in [-0.05, 0) is 24.5 Å². The van der Waals surface area contributed by atoms with Gasteiger partial charge in [0.2, 0.25) is 0 Å². The molecule has 1 fully saturated rings. The van der Waals surface area contributed by atoms with E-state index in [2.05, 4.69) is 5.32 Å². The molecule has 3 N–H and O–H groups in total. The van der Waals surface area contributed by atoms with Gasteiger partial charge in [-0.15, -0.1) is 0 Å².